The highest BCUT2D eigenvalue weighted by Gasteiger charge is 2.37. The lowest BCUT2D eigenvalue weighted by Gasteiger charge is -2.26. The number of halogens is 1. The fraction of sp³-hybridized carbons (Fsp3) is 0.143. The van der Waals surface area contributed by atoms with Crippen LogP contribution in [-0.4, -0.2) is 42.4 Å². The number of benzene rings is 3. The minimum atomic E-state index is -1.01. The highest BCUT2D eigenvalue weighted by molar-refractivity contribution is 6.39. The van der Waals surface area contributed by atoms with E-state index in [2.05, 4.69) is 10.6 Å². The first kappa shape index (κ1) is 28.8. The zero-order valence-electron chi connectivity index (χ0n) is 22.0. The van der Waals surface area contributed by atoms with Crippen LogP contribution in [0.2, 0.25) is 5.02 Å². The summed E-state index contributed by atoms with van der Waals surface area (Å²) in [5.74, 6) is -2.14. The molecule has 0 radical (unpaired) electrons. The SMILES string of the molecule is COc1cc(/C=C2/C(=O)NC(=O)N(c3ccc([N+](=O)[O-])cc3)C2=O)cc(Cl)c1OCC(=O)Nc1cc(C)ccc1C. The molecule has 3 aromatic carbocycles. The first-order valence-corrected chi connectivity index (χ1v) is 12.4. The second-order valence-corrected chi connectivity index (χ2v) is 9.33. The molecule has 5 amide bonds. The molecule has 13 heteroatoms. The minimum Gasteiger partial charge on any atom is -0.493 e. The number of non-ortho nitro benzene ring substituents is 1. The van der Waals surface area contributed by atoms with Crippen LogP contribution in [0, 0.1) is 24.0 Å². The van der Waals surface area contributed by atoms with Crippen molar-refractivity contribution in [2.75, 3.05) is 23.9 Å². The maximum atomic E-state index is 13.2. The van der Waals surface area contributed by atoms with Crippen LogP contribution in [-0.2, 0) is 14.4 Å². The van der Waals surface area contributed by atoms with E-state index in [0.717, 1.165) is 23.3 Å². The highest BCUT2D eigenvalue weighted by atomic mass is 35.5. The average Bonchev–Trinajstić information content (AvgIpc) is 2.92. The van der Waals surface area contributed by atoms with Crippen molar-refractivity contribution < 1.29 is 33.6 Å². The van der Waals surface area contributed by atoms with Crippen LogP contribution < -0.4 is 25.0 Å². The number of hydrogen-bond acceptors (Lipinski definition) is 8. The number of nitro benzene ring substituents is 1. The number of rotatable bonds is 8. The Balaban J connectivity index is 1.56. The molecule has 1 fully saturated rings. The van der Waals surface area contributed by atoms with Crippen molar-refractivity contribution in [3.63, 3.8) is 0 Å². The van der Waals surface area contributed by atoms with Crippen molar-refractivity contribution >= 4 is 58.5 Å². The van der Waals surface area contributed by atoms with Crippen molar-refractivity contribution in [1.82, 2.24) is 5.32 Å². The Hall–Kier alpha value is -5.23. The van der Waals surface area contributed by atoms with E-state index in [1.54, 1.807) is 0 Å². The van der Waals surface area contributed by atoms with E-state index in [4.69, 9.17) is 21.1 Å². The van der Waals surface area contributed by atoms with Crippen molar-refractivity contribution in [1.29, 1.82) is 0 Å². The summed E-state index contributed by atoms with van der Waals surface area (Å²) in [6.07, 6.45) is 1.20. The first-order chi connectivity index (χ1) is 19.5. The van der Waals surface area contributed by atoms with Crippen molar-refractivity contribution in [3.05, 3.63) is 92.0 Å². The molecule has 0 aliphatic carbocycles. The maximum Gasteiger partial charge on any atom is 0.335 e. The van der Waals surface area contributed by atoms with Crippen molar-refractivity contribution in [3.8, 4) is 11.5 Å². The second-order valence-electron chi connectivity index (χ2n) is 8.92. The number of barbiturate groups is 1. The van der Waals surface area contributed by atoms with Crippen LogP contribution in [0.25, 0.3) is 6.08 Å². The number of aryl methyl sites for hydroxylation is 2. The molecule has 0 bridgehead atoms. The Kier molecular flexibility index (Phi) is 8.34. The summed E-state index contributed by atoms with van der Waals surface area (Å²) in [4.78, 5) is 61.6. The molecular formula is C28H23ClN4O8. The number of urea groups is 1. The molecule has 1 aliphatic rings. The standard InChI is InChI=1S/C28H23ClN4O8/c1-15-4-5-16(2)22(10-15)30-24(34)14-41-25-21(29)12-17(13-23(25)40-3)11-20-26(35)31-28(37)32(27(20)36)18-6-8-19(9-7-18)33(38)39/h4-13H,14H2,1-3H3,(H,30,34)(H,31,35,37)/b20-11-. The largest absolute Gasteiger partial charge is 0.493 e. The van der Waals surface area contributed by atoms with Gasteiger partial charge in [0.1, 0.15) is 5.57 Å². The van der Waals surface area contributed by atoms with Gasteiger partial charge in [-0.1, -0.05) is 23.7 Å². The average molecular weight is 579 g/mol. The highest BCUT2D eigenvalue weighted by Crippen LogP contribution is 2.37. The number of carbonyl (C=O) groups excluding carboxylic acids is 4. The Morgan fingerprint density at radius 1 is 1.10 bits per heavy atom. The summed E-state index contributed by atoms with van der Waals surface area (Å²) in [6, 6.07) is 12.1. The van der Waals surface area contributed by atoms with Gasteiger partial charge < -0.3 is 14.8 Å². The smallest absolute Gasteiger partial charge is 0.335 e. The Morgan fingerprint density at radius 3 is 2.46 bits per heavy atom. The predicted molar refractivity (Wildman–Crippen MR) is 150 cm³/mol. The third-order valence-corrected chi connectivity index (χ3v) is 6.28. The summed E-state index contributed by atoms with van der Waals surface area (Å²) >= 11 is 6.41. The zero-order valence-corrected chi connectivity index (χ0v) is 22.8. The lowest BCUT2D eigenvalue weighted by molar-refractivity contribution is -0.384. The third kappa shape index (κ3) is 6.34. The van der Waals surface area contributed by atoms with Gasteiger partial charge in [-0.2, -0.15) is 0 Å². The summed E-state index contributed by atoms with van der Waals surface area (Å²) in [5.41, 5.74) is 2.15. The molecule has 1 heterocycles. The van der Waals surface area contributed by atoms with E-state index >= 15 is 0 Å². The summed E-state index contributed by atoms with van der Waals surface area (Å²) in [5, 5.41) is 15.8. The van der Waals surface area contributed by atoms with E-state index in [1.165, 1.54) is 37.5 Å². The van der Waals surface area contributed by atoms with Crippen LogP contribution in [0.4, 0.5) is 21.9 Å². The summed E-state index contributed by atoms with van der Waals surface area (Å²) < 4.78 is 11.0. The van der Waals surface area contributed by atoms with E-state index in [9.17, 15) is 29.3 Å². The number of methoxy groups -OCH3 is 1. The number of nitro groups is 1. The molecule has 0 unspecified atom stereocenters. The molecule has 12 nitrogen and oxygen atoms in total. The van der Waals surface area contributed by atoms with Gasteiger partial charge in [-0.15, -0.1) is 0 Å². The molecule has 0 atom stereocenters. The third-order valence-electron chi connectivity index (χ3n) is 6.00. The topological polar surface area (TPSA) is 157 Å². The Morgan fingerprint density at radius 2 is 1.80 bits per heavy atom. The lowest BCUT2D eigenvalue weighted by Crippen LogP contribution is -2.54. The number of carbonyl (C=O) groups is 4. The number of amides is 5. The molecule has 41 heavy (non-hydrogen) atoms. The number of hydrogen-bond donors (Lipinski definition) is 2. The predicted octanol–water partition coefficient (Wildman–Crippen LogP) is 4.56. The quantitative estimate of drug-likeness (QED) is 0.170. The number of anilines is 2. The van der Waals surface area contributed by atoms with Gasteiger partial charge >= 0.3 is 6.03 Å². The van der Waals surface area contributed by atoms with Crippen LogP contribution in [0.3, 0.4) is 0 Å². The number of imide groups is 2. The van der Waals surface area contributed by atoms with Gasteiger partial charge in [0.25, 0.3) is 23.4 Å². The molecule has 4 rings (SSSR count). The Bertz CT molecular complexity index is 1620. The maximum absolute atomic E-state index is 13.2. The zero-order chi connectivity index (χ0) is 29.8. The normalized spacial score (nSPS) is 14.1. The molecule has 210 valence electrons. The lowest BCUT2D eigenvalue weighted by atomic mass is 10.1. The first-order valence-electron chi connectivity index (χ1n) is 12.0. The summed E-state index contributed by atoms with van der Waals surface area (Å²) in [7, 11) is 1.35. The molecule has 0 aromatic heterocycles. The van der Waals surface area contributed by atoms with Gasteiger partial charge in [-0.25, -0.2) is 9.69 Å². The van der Waals surface area contributed by atoms with Crippen LogP contribution in [0.1, 0.15) is 16.7 Å². The fourth-order valence-corrected chi connectivity index (χ4v) is 4.21. The summed E-state index contributed by atoms with van der Waals surface area (Å²) in [6.45, 7) is 3.39. The Labute approximate surface area is 238 Å². The van der Waals surface area contributed by atoms with E-state index in [-0.39, 0.29) is 40.1 Å². The molecule has 0 saturated carbocycles. The van der Waals surface area contributed by atoms with Gasteiger partial charge in [0.2, 0.25) is 0 Å². The van der Waals surface area contributed by atoms with Gasteiger partial charge in [0, 0.05) is 17.8 Å². The van der Waals surface area contributed by atoms with Crippen molar-refractivity contribution in [2.24, 2.45) is 0 Å². The van der Waals surface area contributed by atoms with E-state index in [0.29, 0.717) is 10.6 Å². The molecule has 2 N–H and O–H groups in total. The van der Waals surface area contributed by atoms with Crippen LogP contribution >= 0.6 is 11.6 Å². The van der Waals surface area contributed by atoms with E-state index < -0.39 is 34.2 Å². The number of ether oxygens (including phenoxy) is 2. The number of nitrogens with zero attached hydrogens (tertiary/aromatic N) is 2. The minimum absolute atomic E-state index is 0.0231. The van der Waals surface area contributed by atoms with Gasteiger partial charge in [-0.05, 0) is 66.9 Å². The molecule has 0 spiro atoms. The van der Waals surface area contributed by atoms with Gasteiger partial charge in [-0.3, -0.25) is 29.8 Å². The van der Waals surface area contributed by atoms with Crippen LogP contribution in [0.15, 0.2) is 60.2 Å². The molecule has 1 aliphatic heterocycles. The number of nitrogens with one attached hydrogen (secondary N) is 2. The fourth-order valence-electron chi connectivity index (χ4n) is 3.94. The van der Waals surface area contributed by atoms with Crippen LogP contribution in [0.5, 0.6) is 11.5 Å². The molecule has 3 aromatic rings. The van der Waals surface area contributed by atoms with Gasteiger partial charge in [0.15, 0.2) is 18.1 Å². The monoisotopic (exact) mass is 578 g/mol. The van der Waals surface area contributed by atoms with Gasteiger partial charge in [0.05, 0.1) is 22.7 Å². The molecular weight excluding hydrogens is 556 g/mol. The molecule has 1 saturated heterocycles. The van der Waals surface area contributed by atoms with Crippen molar-refractivity contribution in [2.45, 2.75) is 13.8 Å². The van der Waals surface area contributed by atoms with E-state index in [1.807, 2.05) is 32.0 Å². The second kappa shape index (κ2) is 11.9.